The molecular formula is C16H23F2N3O2S. The molecule has 2 N–H and O–H groups in total. The van der Waals surface area contributed by atoms with Crippen LogP contribution in [0.15, 0.2) is 23.3 Å². The molecule has 134 valence electrons. The highest BCUT2D eigenvalue weighted by molar-refractivity contribution is 7.80. The largest absolute Gasteiger partial charge is 0.493 e. The van der Waals surface area contributed by atoms with Crippen LogP contribution in [0.2, 0.25) is 0 Å². The van der Waals surface area contributed by atoms with Crippen LogP contribution in [0.25, 0.3) is 0 Å². The second-order valence-corrected chi connectivity index (χ2v) is 5.42. The number of thiocarbonyl (C=S) groups is 1. The van der Waals surface area contributed by atoms with Crippen molar-refractivity contribution in [2.45, 2.75) is 39.7 Å². The van der Waals surface area contributed by atoms with Crippen molar-refractivity contribution in [3.8, 4) is 11.5 Å². The van der Waals surface area contributed by atoms with Crippen molar-refractivity contribution in [2.24, 2.45) is 5.10 Å². The van der Waals surface area contributed by atoms with Gasteiger partial charge in [0.15, 0.2) is 16.6 Å². The van der Waals surface area contributed by atoms with Gasteiger partial charge in [0.1, 0.15) is 0 Å². The quantitative estimate of drug-likeness (QED) is 0.305. The Hall–Kier alpha value is -1.96. The number of nitrogens with zero attached hydrogens (tertiary/aromatic N) is 1. The molecule has 0 spiro atoms. The van der Waals surface area contributed by atoms with Gasteiger partial charge in [0.25, 0.3) is 0 Å². The molecule has 0 atom stereocenters. The summed E-state index contributed by atoms with van der Waals surface area (Å²) in [5, 5.41) is 7.68. The third-order valence-electron chi connectivity index (χ3n) is 3.19. The normalized spacial score (nSPS) is 11.3. The first-order chi connectivity index (χ1) is 11.5. The summed E-state index contributed by atoms with van der Waals surface area (Å²) in [5.41, 5.74) is 4.10. The van der Waals surface area contributed by atoms with E-state index >= 15 is 0 Å². The molecule has 0 aromatic heterocycles. The van der Waals surface area contributed by atoms with E-state index in [-0.39, 0.29) is 11.5 Å². The second-order valence-electron chi connectivity index (χ2n) is 5.02. The molecular weight excluding hydrogens is 336 g/mol. The van der Waals surface area contributed by atoms with Gasteiger partial charge in [-0.2, -0.15) is 13.9 Å². The topological polar surface area (TPSA) is 54.9 Å². The number of hydrazone groups is 1. The molecule has 24 heavy (non-hydrogen) atoms. The van der Waals surface area contributed by atoms with Crippen molar-refractivity contribution >= 4 is 23.0 Å². The van der Waals surface area contributed by atoms with E-state index in [0.717, 1.165) is 25.8 Å². The number of alkyl halides is 2. The van der Waals surface area contributed by atoms with E-state index in [2.05, 4.69) is 27.5 Å². The summed E-state index contributed by atoms with van der Waals surface area (Å²) in [6.07, 6.45) is 3.33. The van der Waals surface area contributed by atoms with E-state index in [4.69, 9.17) is 17.0 Å². The highest BCUT2D eigenvalue weighted by atomic mass is 32.1. The van der Waals surface area contributed by atoms with Gasteiger partial charge in [0.2, 0.25) is 0 Å². The molecule has 0 amide bonds. The average Bonchev–Trinajstić information content (AvgIpc) is 2.56. The lowest BCUT2D eigenvalue weighted by Crippen LogP contribution is -2.33. The Labute approximate surface area is 146 Å². The fourth-order valence-corrected chi connectivity index (χ4v) is 2.05. The number of rotatable bonds is 9. The zero-order chi connectivity index (χ0) is 17.9. The molecule has 0 bridgehead atoms. The van der Waals surface area contributed by atoms with Crippen molar-refractivity contribution in [1.29, 1.82) is 0 Å². The summed E-state index contributed by atoms with van der Waals surface area (Å²) < 4.78 is 34.1. The van der Waals surface area contributed by atoms with Gasteiger partial charge < -0.3 is 14.8 Å². The molecule has 0 aliphatic heterocycles. The maximum Gasteiger partial charge on any atom is 0.387 e. The molecule has 0 unspecified atom stereocenters. The zero-order valence-corrected chi connectivity index (χ0v) is 14.9. The Kier molecular flexibility index (Phi) is 8.99. The predicted octanol–water partition coefficient (Wildman–Crippen LogP) is 3.67. The van der Waals surface area contributed by atoms with Crippen molar-refractivity contribution in [3.05, 3.63) is 23.8 Å². The summed E-state index contributed by atoms with van der Waals surface area (Å²) in [5.74, 6) is 0.188. The van der Waals surface area contributed by atoms with E-state index < -0.39 is 6.61 Å². The zero-order valence-electron chi connectivity index (χ0n) is 14.1. The van der Waals surface area contributed by atoms with Gasteiger partial charge in [0, 0.05) is 12.1 Å². The van der Waals surface area contributed by atoms with E-state index in [1.165, 1.54) is 13.2 Å². The minimum absolute atomic E-state index is 0.0230. The summed E-state index contributed by atoms with van der Waals surface area (Å²) in [7, 11) is 1.39. The van der Waals surface area contributed by atoms with Crippen molar-refractivity contribution in [3.63, 3.8) is 0 Å². The van der Waals surface area contributed by atoms with Crippen LogP contribution in [0, 0.1) is 0 Å². The molecule has 0 saturated heterocycles. The smallest absolute Gasteiger partial charge is 0.387 e. The van der Waals surface area contributed by atoms with E-state index in [0.29, 0.717) is 16.4 Å². The van der Waals surface area contributed by atoms with Crippen molar-refractivity contribution in [1.82, 2.24) is 10.7 Å². The van der Waals surface area contributed by atoms with Gasteiger partial charge in [-0.1, -0.05) is 19.8 Å². The standard InChI is InChI=1S/C16H23F2N3O2S/c1-4-5-6-9-19-16(24)21-20-11(2)12-7-8-13(23-15(17)18)14(10-12)22-3/h7-8,10,15H,4-6,9H2,1-3H3,(H2,19,21,24)/b20-11-. The van der Waals surface area contributed by atoms with E-state index in [1.807, 2.05) is 0 Å². The molecule has 0 saturated carbocycles. The number of methoxy groups -OCH3 is 1. The Morgan fingerprint density at radius 3 is 2.67 bits per heavy atom. The Morgan fingerprint density at radius 1 is 1.29 bits per heavy atom. The number of halogens is 2. The van der Waals surface area contributed by atoms with Gasteiger partial charge in [-0.15, -0.1) is 0 Å². The fourth-order valence-electron chi connectivity index (χ4n) is 1.90. The molecule has 0 aliphatic rings. The van der Waals surface area contributed by atoms with Crippen LogP contribution in [-0.4, -0.2) is 31.1 Å². The van der Waals surface area contributed by atoms with Gasteiger partial charge in [-0.05, 0) is 43.8 Å². The molecule has 5 nitrogen and oxygen atoms in total. The first kappa shape index (κ1) is 20.1. The van der Waals surface area contributed by atoms with E-state index in [1.54, 1.807) is 19.1 Å². The Morgan fingerprint density at radius 2 is 2.04 bits per heavy atom. The number of hydrogen-bond donors (Lipinski definition) is 2. The van der Waals surface area contributed by atoms with E-state index in [9.17, 15) is 8.78 Å². The van der Waals surface area contributed by atoms with Crippen LogP contribution in [-0.2, 0) is 0 Å². The number of hydrogen-bond acceptors (Lipinski definition) is 4. The van der Waals surface area contributed by atoms with Crippen LogP contribution in [0.4, 0.5) is 8.78 Å². The molecule has 1 aromatic carbocycles. The lowest BCUT2D eigenvalue weighted by molar-refractivity contribution is -0.0512. The first-order valence-corrected chi connectivity index (χ1v) is 8.10. The van der Waals surface area contributed by atoms with Gasteiger partial charge in [-0.3, -0.25) is 5.43 Å². The number of unbranched alkanes of at least 4 members (excludes halogenated alkanes) is 2. The SMILES string of the molecule is CCCCCNC(=S)N/N=C(/C)c1ccc(OC(F)F)c(OC)c1. The van der Waals surface area contributed by atoms with Crippen LogP contribution in [0.5, 0.6) is 11.5 Å². The molecule has 0 heterocycles. The Bertz CT molecular complexity index is 568. The number of benzene rings is 1. The van der Waals surface area contributed by atoms with Crippen LogP contribution < -0.4 is 20.2 Å². The lowest BCUT2D eigenvalue weighted by Gasteiger charge is -2.12. The minimum atomic E-state index is -2.91. The second kappa shape index (κ2) is 10.7. The van der Waals surface area contributed by atoms with Crippen molar-refractivity contribution < 1.29 is 18.3 Å². The third-order valence-corrected chi connectivity index (χ3v) is 3.42. The maximum atomic E-state index is 12.3. The van der Waals surface area contributed by atoms with Crippen LogP contribution >= 0.6 is 12.2 Å². The molecule has 0 radical (unpaired) electrons. The minimum Gasteiger partial charge on any atom is -0.493 e. The van der Waals surface area contributed by atoms with Crippen molar-refractivity contribution in [2.75, 3.05) is 13.7 Å². The average molecular weight is 359 g/mol. The molecule has 0 fully saturated rings. The first-order valence-electron chi connectivity index (χ1n) is 7.69. The Balaban J connectivity index is 2.66. The summed E-state index contributed by atoms with van der Waals surface area (Å²) in [6.45, 7) is 1.80. The summed E-state index contributed by atoms with van der Waals surface area (Å²) in [4.78, 5) is 0. The van der Waals surface area contributed by atoms with Crippen LogP contribution in [0.1, 0.15) is 38.7 Å². The number of nitrogens with one attached hydrogen (secondary N) is 2. The molecule has 1 rings (SSSR count). The monoisotopic (exact) mass is 359 g/mol. The lowest BCUT2D eigenvalue weighted by atomic mass is 10.1. The number of ether oxygens (including phenoxy) is 2. The third kappa shape index (κ3) is 7.08. The van der Waals surface area contributed by atoms with Gasteiger partial charge >= 0.3 is 6.61 Å². The molecule has 1 aromatic rings. The van der Waals surface area contributed by atoms with Crippen LogP contribution in [0.3, 0.4) is 0 Å². The van der Waals surface area contributed by atoms with Gasteiger partial charge in [-0.25, -0.2) is 0 Å². The predicted molar refractivity (Wildman–Crippen MR) is 95.1 cm³/mol. The highest BCUT2D eigenvalue weighted by Gasteiger charge is 2.12. The molecule has 0 aliphatic carbocycles. The summed E-state index contributed by atoms with van der Waals surface area (Å²) in [6, 6.07) is 4.62. The fraction of sp³-hybridized carbons (Fsp3) is 0.500. The highest BCUT2D eigenvalue weighted by Crippen LogP contribution is 2.29. The summed E-state index contributed by atoms with van der Waals surface area (Å²) >= 11 is 5.13. The molecule has 8 heteroatoms. The maximum absolute atomic E-state index is 12.3. The van der Waals surface area contributed by atoms with Gasteiger partial charge in [0.05, 0.1) is 12.8 Å².